The van der Waals surface area contributed by atoms with Crippen molar-refractivity contribution in [2.75, 3.05) is 24.8 Å². The third kappa shape index (κ3) is 2.18. The molecule has 1 aliphatic carbocycles. The molecule has 0 spiro atoms. The lowest BCUT2D eigenvalue weighted by molar-refractivity contribution is 0.397. The second kappa shape index (κ2) is 4.15. The van der Waals surface area contributed by atoms with Crippen molar-refractivity contribution in [1.29, 1.82) is 0 Å². The first kappa shape index (κ1) is 11.0. The lowest BCUT2D eigenvalue weighted by atomic mass is 10.2. The molecule has 0 aromatic carbocycles. The molecule has 1 atom stereocenters. The molecular formula is C11H18N4O. The van der Waals surface area contributed by atoms with Gasteiger partial charge in [0.2, 0.25) is 11.8 Å². The Labute approximate surface area is 95.6 Å². The quantitative estimate of drug-likeness (QED) is 0.832. The van der Waals surface area contributed by atoms with Crippen molar-refractivity contribution in [3.8, 4) is 5.88 Å². The molecule has 16 heavy (non-hydrogen) atoms. The monoisotopic (exact) mass is 222 g/mol. The van der Waals surface area contributed by atoms with Crippen LogP contribution in [-0.4, -0.2) is 30.2 Å². The van der Waals surface area contributed by atoms with Gasteiger partial charge in [0.1, 0.15) is 5.82 Å². The smallest absolute Gasteiger partial charge is 0.225 e. The SMILES string of the molecule is COc1cc(N(C)C(C)C2CC2)nc(N)n1. The van der Waals surface area contributed by atoms with Crippen LogP contribution >= 0.6 is 0 Å². The van der Waals surface area contributed by atoms with Gasteiger partial charge in [-0.1, -0.05) is 0 Å². The highest BCUT2D eigenvalue weighted by Gasteiger charge is 2.31. The molecule has 0 radical (unpaired) electrons. The van der Waals surface area contributed by atoms with E-state index in [2.05, 4.69) is 21.8 Å². The van der Waals surface area contributed by atoms with Gasteiger partial charge in [-0.2, -0.15) is 9.97 Å². The molecule has 5 nitrogen and oxygen atoms in total. The lowest BCUT2D eigenvalue weighted by Gasteiger charge is -2.26. The number of anilines is 2. The summed E-state index contributed by atoms with van der Waals surface area (Å²) in [6.45, 7) is 2.21. The normalized spacial score (nSPS) is 16.9. The van der Waals surface area contributed by atoms with Gasteiger partial charge >= 0.3 is 0 Å². The summed E-state index contributed by atoms with van der Waals surface area (Å²) in [5.41, 5.74) is 5.64. The van der Waals surface area contributed by atoms with E-state index in [1.807, 2.05) is 13.1 Å². The molecule has 1 unspecified atom stereocenters. The minimum absolute atomic E-state index is 0.254. The van der Waals surface area contributed by atoms with Gasteiger partial charge in [0.05, 0.1) is 7.11 Å². The Balaban J connectivity index is 2.20. The summed E-state index contributed by atoms with van der Waals surface area (Å²) in [6.07, 6.45) is 2.62. The third-order valence-electron chi connectivity index (χ3n) is 3.19. The van der Waals surface area contributed by atoms with Gasteiger partial charge in [0.25, 0.3) is 0 Å². The van der Waals surface area contributed by atoms with E-state index >= 15 is 0 Å². The number of nitrogens with two attached hydrogens (primary N) is 1. The summed E-state index contributed by atoms with van der Waals surface area (Å²) in [5.74, 6) is 2.37. The average Bonchev–Trinajstić information content (AvgIpc) is 3.10. The highest BCUT2D eigenvalue weighted by atomic mass is 16.5. The fourth-order valence-electron chi connectivity index (χ4n) is 1.82. The van der Waals surface area contributed by atoms with Gasteiger partial charge in [-0.3, -0.25) is 0 Å². The van der Waals surface area contributed by atoms with E-state index in [4.69, 9.17) is 10.5 Å². The van der Waals surface area contributed by atoms with Crippen molar-refractivity contribution < 1.29 is 4.74 Å². The Bertz CT molecular complexity index is 378. The molecular weight excluding hydrogens is 204 g/mol. The summed E-state index contributed by atoms with van der Waals surface area (Å²) in [6, 6.07) is 2.30. The second-order valence-electron chi connectivity index (χ2n) is 4.32. The second-order valence-corrected chi connectivity index (χ2v) is 4.32. The molecule has 0 amide bonds. The van der Waals surface area contributed by atoms with E-state index in [-0.39, 0.29) is 5.95 Å². The van der Waals surface area contributed by atoms with Crippen LogP contribution in [0.2, 0.25) is 0 Å². The molecule has 1 aromatic rings. The van der Waals surface area contributed by atoms with Crippen LogP contribution in [0, 0.1) is 5.92 Å². The molecule has 1 fully saturated rings. The summed E-state index contributed by atoms with van der Waals surface area (Å²) >= 11 is 0. The van der Waals surface area contributed by atoms with Crippen molar-refractivity contribution >= 4 is 11.8 Å². The Morgan fingerprint density at radius 2 is 2.19 bits per heavy atom. The van der Waals surface area contributed by atoms with Gasteiger partial charge in [0.15, 0.2) is 0 Å². The highest BCUT2D eigenvalue weighted by molar-refractivity contribution is 5.45. The van der Waals surface area contributed by atoms with E-state index in [0.29, 0.717) is 11.9 Å². The molecule has 2 rings (SSSR count). The van der Waals surface area contributed by atoms with Gasteiger partial charge in [-0.15, -0.1) is 0 Å². The molecule has 1 heterocycles. The zero-order valence-corrected chi connectivity index (χ0v) is 9.97. The summed E-state index contributed by atoms with van der Waals surface area (Å²) in [5, 5.41) is 0. The summed E-state index contributed by atoms with van der Waals surface area (Å²) in [7, 11) is 3.61. The average molecular weight is 222 g/mol. The highest BCUT2D eigenvalue weighted by Crippen LogP contribution is 2.36. The fraction of sp³-hybridized carbons (Fsp3) is 0.636. The minimum atomic E-state index is 0.254. The molecule has 0 aliphatic heterocycles. The number of ether oxygens (including phenoxy) is 1. The van der Waals surface area contributed by atoms with Crippen LogP contribution in [0.3, 0.4) is 0 Å². The van der Waals surface area contributed by atoms with Crippen LogP contribution in [0.5, 0.6) is 5.88 Å². The molecule has 2 N–H and O–H groups in total. The van der Waals surface area contributed by atoms with Crippen LogP contribution in [0.1, 0.15) is 19.8 Å². The first-order chi connectivity index (χ1) is 7.61. The number of nitrogens with zero attached hydrogens (tertiary/aromatic N) is 3. The number of hydrogen-bond acceptors (Lipinski definition) is 5. The summed E-state index contributed by atoms with van der Waals surface area (Å²) in [4.78, 5) is 10.3. The molecule has 1 aromatic heterocycles. The van der Waals surface area contributed by atoms with Crippen molar-refractivity contribution in [3.05, 3.63) is 6.07 Å². The Morgan fingerprint density at radius 1 is 1.50 bits per heavy atom. The van der Waals surface area contributed by atoms with Crippen molar-refractivity contribution in [1.82, 2.24) is 9.97 Å². The Kier molecular flexibility index (Phi) is 2.85. The largest absolute Gasteiger partial charge is 0.481 e. The van der Waals surface area contributed by atoms with E-state index in [9.17, 15) is 0 Å². The first-order valence-corrected chi connectivity index (χ1v) is 5.53. The Morgan fingerprint density at radius 3 is 2.75 bits per heavy atom. The van der Waals surface area contributed by atoms with E-state index in [1.165, 1.54) is 12.8 Å². The van der Waals surface area contributed by atoms with Gasteiger partial charge < -0.3 is 15.4 Å². The van der Waals surface area contributed by atoms with Crippen LogP contribution in [0.25, 0.3) is 0 Å². The lowest BCUT2D eigenvalue weighted by Crippen LogP contribution is -2.31. The number of hydrogen-bond donors (Lipinski definition) is 1. The van der Waals surface area contributed by atoms with Gasteiger partial charge in [-0.25, -0.2) is 0 Å². The molecule has 0 saturated heterocycles. The van der Waals surface area contributed by atoms with E-state index < -0.39 is 0 Å². The first-order valence-electron chi connectivity index (χ1n) is 5.53. The number of nitrogen functional groups attached to an aromatic ring is 1. The van der Waals surface area contributed by atoms with Crippen LogP contribution in [-0.2, 0) is 0 Å². The van der Waals surface area contributed by atoms with E-state index in [1.54, 1.807) is 7.11 Å². The number of aromatic nitrogens is 2. The van der Waals surface area contributed by atoms with Crippen molar-refractivity contribution in [2.45, 2.75) is 25.8 Å². The summed E-state index contributed by atoms with van der Waals surface area (Å²) < 4.78 is 5.08. The van der Waals surface area contributed by atoms with Crippen LogP contribution < -0.4 is 15.4 Å². The van der Waals surface area contributed by atoms with Gasteiger partial charge in [-0.05, 0) is 25.7 Å². The molecule has 1 aliphatic rings. The maximum Gasteiger partial charge on any atom is 0.225 e. The Hall–Kier alpha value is -1.52. The van der Waals surface area contributed by atoms with Crippen LogP contribution in [0.4, 0.5) is 11.8 Å². The van der Waals surface area contributed by atoms with Gasteiger partial charge in [0, 0.05) is 19.2 Å². The zero-order valence-electron chi connectivity index (χ0n) is 9.97. The topological polar surface area (TPSA) is 64.3 Å². The molecule has 5 heteroatoms. The molecule has 88 valence electrons. The minimum Gasteiger partial charge on any atom is -0.481 e. The van der Waals surface area contributed by atoms with Crippen LogP contribution in [0.15, 0.2) is 6.07 Å². The van der Waals surface area contributed by atoms with E-state index in [0.717, 1.165) is 11.7 Å². The fourth-order valence-corrected chi connectivity index (χ4v) is 1.82. The number of rotatable bonds is 4. The maximum absolute atomic E-state index is 5.64. The predicted octanol–water partition coefficient (Wildman–Crippen LogP) is 1.30. The number of methoxy groups -OCH3 is 1. The predicted molar refractivity (Wildman–Crippen MR) is 63.6 cm³/mol. The van der Waals surface area contributed by atoms with Crippen molar-refractivity contribution in [2.24, 2.45) is 5.92 Å². The third-order valence-corrected chi connectivity index (χ3v) is 3.19. The molecule has 0 bridgehead atoms. The molecule has 1 saturated carbocycles. The standard InChI is InChI=1S/C11H18N4O/c1-7(8-4-5-8)15(2)9-6-10(16-3)14-11(12)13-9/h6-8H,4-5H2,1-3H3,(H2,12,13,14). The van der Waals surface area contributed by atoms with Crippen molar-refractivity contribution in [3.63, 3.8) is 0 Å². The maximum atomic E-state index is 5.64. The zero-order chi connectivity index (χ0) is 11.7.